The van der Waals surface area contributed by atoms with Gasteiger partial charge in [0, 0.05) is 36.5 Å². The number of H-pyrrole nitrogens is 1. The smallest absolute Gasteiger partial charge is 0.280 e. The second kappa shape index (κ2) is 9.17. The lowest BCUT2D eigenvalue weighted by Crippen LogP contribution is -1.99. The standard InChI is InChI=1S/C30H16N2O4S4/c33-29-25-26(28(32-29)16-3-7-18(8-4-16)36-24-14-22-20(40-24)10-12-38-22)30(34)31-27(25)15-1-5-17(6-2-15)35-23-13-21-19(39-23)9-11-37-21/h1-14,31,34H. The van der Waals surface area contributed by atoms with Gasteiger partial charge >= 0.3 is 0 Å². The normalized spacial score (nSPS) is 12.8. The molecule has 1 aliphatic rings. The van der Waals surface area contributed by atoms with E-state index in [1.165, 1.54) is 18.8 Å². The molecule has 10 heteroatoms. The first-order valence-corrected chi connectivity index (χ1v) is 15.6. The van der Waals surface area contributed by atoms with Crippen LogP contribution < -0.4 is 9.47 Å². The van der Waals surface area contributed by atoms with Crippen LogP contribution in [-0.4, -0.2) is 21.7 Å². The predicted octanol–water partition coefficient (Wildman–Crippen LogP) is 9.52. The van der Waals surface area contributed by atoms with E-state index in [-0.39, 0.29) is 5.88 Å². The number of benzene rings is 2. The van der Waals surface area contributed by atoms with Gasteiger partial charge in [-0.1, -0.05) is 22.7 Å². The third kappa shape index (κ3) is 3.96. The van der Waals surface area contributed by atoms with Crippen molar-refractivity contribution in [1.82, 2.24) is 4.98 Å². The molecule has 194 valence electrons. The molecule has 0 radical (unpaired) electrons. The highest BCUT2D eigenvalue weighted by Gasteiger charge is 2.33. The number of aliphatic imine (C=N–C) groups is 1. The molecule has 0 atom stereocenters. The van der Waals surface area contributed by atoms with Crippen LogP contribution >= 0.6 is 45.3 Å². The van der Waals surface area contributed by atoms with Gasteiger partial charge in [0.1, 0.15) is 11.5 Å². The average molecular weight is 597 g/mol. The molecule has 6 nitrogen and oxygen atoms in total. The highest BCUT2D eigenvalue weighted by atomic mass is 32.1. The van der Waals surface area contributed by atoms with Gasteiger partial charge in [0.2, 0.25) is 0 Å². The Labute approximate surface area is 243 Å². The van der Waals surface area contributed by atoms with Gasteiger partial charge in [0.25, 0.3) is 5.91 Å². The van der Waals surface area contributed by atoms with Crippen molar-refractivity contribution >= 4 is 75.8 Å². The molecule has 1 aliphatic heterocycles. The number of amides is 1. The van der Waals surface area contributed by atoms with Crippen LogP contribution in [0.4, 0.5) is 0 Å². The molecule has 8 rings (SSSR count). The van der Waals surface area contributed by atoms with Crippen molar-refractivity contribution in [3.8, 4) is 38.8 Å². The van der Waals surface area contributed by atoms with Crippen LogP contribution in [0, 0.1) is 0 Å². The van der Waals surface area contributed by atoms with Crippen molar-refractivity contribution in [1.29, 1.82) is 0 Å². The molecule has 0 fully saturated rings. The van der Waals surface area contributed by atoms with Crippen LogP contribution in [0.5, 0.6) is 27.5 Å². The summed E-state index contributed by atoms with van der Waals surface area (Å²) in [6.45, 7) is 0. The van der Waals surface area contributed by atoms with Crippen molar-refractivity contribution < 1.29 is 19.4 Å². The van der Waals surface area contributed by atoms with E-state index in [0.717, 1.165) is 15.7 Å². The van der Waals surface area contributed by atoms with E-state index in [4.69, 9.17) is 9.47 Å². The maximum atomic E-state index is 13.0. The number of carbonyl (C=O) groups is 1. The Balaban J connectivity index is 1.04. The number of hydrogen-bond acceptors (Lipinski definition) is 8. The van der Waals surface area contributed by atoms with E-state index in [0.29, 0.717) is 39.6 Å². The number of aromatic hydroxyl groups is 1. The Hall–Kier alpha value is -4.22. The zero-order valence-corrected chi connectivity index (χ0v) is 23.6. The van der Waals surface area contributed by atoms with E-state index in [1.807, 2.05) is 60.7 Å². The van der Waals surface area contributed by atoms with Gasteiger partial charge in [-0.25, -0.2) is 4.99 Å². The van der Waals surface area contributed by atoms with Crippen molar-refractivity contribution in [2.45, 2.75) is 0 Å². The van der Waals surface area contributed by atoms with Crippen LogP contribution in [-0.2, 0) is 0 Å². The summed E-state index contributed by atoms with van der Waals surface area (Å²) in [6, 6.07) is 23.0. The molecule has 1 amide bonds. The maximum absolute atomic E-state index is 13.0. The van der Waals surface area contributed by atoms with Gasteiger partial charge in [-0.15, -0.1) is 22.7 Å². The number of hydrogen-bond donors (Lipinski definition) is 2. The number of fused-ring (bicyclic) bond motifs is 3. The number of rotatable bonds is 6. The van der Waals surface area contributed by atoms with E-state index < -0.39 is 5.91 Å². The molecule has 0 unspecified atom stereocenters. The van der Waals surface area contributed by atoms with Crippen molar-refractivity contribution in [3.05, 3.63) is 100 Å². The molecule has 0 saturated carbocycles. The Bertz CT molecular complexity index is 2030. The summed E-state index contributed by atoms with van der Waals surface area (Å²) in [5.74, 6) is 0.895. The lowest BCUT2D eigenvalue weighted by atomic mass is 10.00. The summed E-state index contributed by atoms with van der Waals surface area (Å²) in [4.78, 5) is 20.3. The number of nitrogens with zero attached hydrogens (tertiary/aromatic N) is 1. The van der Waals surface area contributed by atoms with E-state index in [2.05, 4.69) is 32.9 Å². The fourth-order valence-electron chi connectivity index (χ4n) is 4.76. The summed E-state index contributed by atoms with van der Waals surface area (Å²) in [6.07, 6.45) is 0. The first kappa shape index (κ1) is 23.6. The SMILES string of the molecule is O=C1N=C(c2ccc(Oc3cc4sccc4s3)cc2)c2c(O)[nH]c(-c3ccc(Oc4cc5sccc5s4)cc3)c21. The third-order valence-corrected chi connectivity index (χ3v) is 10.5. The Morgan fingerprint density at radius 2 is 1.23 bits per heavy atom. The molecule has 5 aromatic heterocycles. The number of thiophene rings is 4. The van der Waals surface area contributed by atoms with Gasteiger partial charge < -0.3 is 19.6 Å². The minimum absolute atomic E-state index is 0.0902. The van der Waals surface area contributed by atoms with Gasteiger partial charge in [-0.05, 0) is 77.0 Å². The van der Waals surface area contributed by atoms with Crippen molar-refractivity contribution in [3.63, 3.8) is 0 Å². The molecule has 7 aromatic rings. The van der Waals surface area contributed by atoms with E-state index in [1.54, 1.807) is 45.3 Å². The number of aromatic nitrogens is 1. The number of nitrogens with one attached hydrogen (secondary N) is 1. The number of carbonyl (C=O) groups excluding carboxylic acids is 1. The lowest BCUT2D eigenvalue weighted by Gasteiger charge is -2.05. The van der Waals surface area contributed by atoms with Crippen LogP contribution in [0.25, 0.3) is 30.1 Å². The second-order valence-electron chi connectivity index (χ2n) is 9.05. The van der Waals surface area contributed by atoms with Crippen LogP contribution in [0.2, 0.25) is 0 Å². The molecule has 0 bridgehead atoms. The molecular weight excluding hydrogens is 581 g/mol. The van der Waals surface area contributed by atoms with Gasteiger partial charge in [-0.3, -0.25) is 4.79 Å². The Morgan fingerprint density at radius 3 is 1.77 bits per heavy atom. The van der Waals surface area contributed by atoms with Crippen LogP contribution in [0.3, 0.4) is 0 Å². The number of aromatic amines is 1. The van der Waals surface area contributed by atoms with Crippen LogP contribution in [0.15, 0.2) is 88.5 Å². The minimum Gasteiger partial charge on any atom is -0.494 e. The van der Waals surface area contributed by atoms with Gasteiger partial charge in [0.05, 0.1) is 22.5 Å². The lowest BCUT2D eigenvalue weighted by molar-refractivity contribution is 0.101. The maximum Gasteiger partial charge on any atom is 0.280 e. The first-order valence-electron chi connectivity index (χ1n) is 12.2. The molecule has 40 heavy (non-hydrogen) atoms. The summed E-state index contributed by atoms with van der Waals surface area (Å²) in [7, 11) is 0. The molecule has 0 spiro atoms. The second-order valence-corrected chi connectivity index (χ2v) is 13.0. The predicted molar refractivity (Wildman–Crippen MR) is 164 cm³/mol. The highest BCUT2D eigenvalue weighted by Crippen LogP contribution is 2.41. The van der Waals surface area contributed by atoms with E-state index >= 15 is 0 Å². The number of ether oxygens (including phenoxy) is 2. The molecular formula is C30H16N2O4S4. The summed E-state index contributed by atoms with van der Waals surface area (Å²) < 4.78 is 16.9. The summed E-state index contributed by atoms with van der Waals surface area (Å²) >= 11 is 6.57. The first-order chi connectivity index (χ1) is 19.6. The highest BCUT2D eigenvalue weighted by molar-refractivity contribution is 7.28. The molecule has 0 saturated heterocycles. The summed E-state index contributed by atoms with van der Waals surface area (Å²) in [5, 5.41) is 16.6. The van der Waals surface area contributed by atoms with Crippen molar-refractivity contribution in [2.24, 2.45) is 4.99 Å². The molecule has 0 aliphatic carbocycles. The molecule has 2 N–H and O–H groups in total. The fraction of sp³-hybridized carbons (Fsp3) is 0. The van der Waals surface area contributed by atoms with Gasteiger partial charge in [0.15, 0.2) is 16.0 Å². The minimum atomic E-state index is -0.394. The summed E-state index contributed by atoms with van der Waals surface area (Å²) in [5.41, 5.74) is 3.19. The molecule has 6 heterocycles. The Kier molecular flexibility index (Phi) is 5.42. The fourth-order valence-corrected chi connectivity index (χ4v) is 8.69. The molecule has 2 aromatic carbocycles. The monoisotopic (exact) mass is 596 g/mol. The Morgan fingerprint density at radius 1 is 0.675 bits per heavy atom. The zero-order valence-electron chi connectivity index (χ0n) is 20.3. The van der Waals surface area contributed by atoms with Gasteiger partial charge in [-0.2, -0.15) is 0 Å². The topological polar surface area (TPSA) is 83.9 Å². The quantitative estimate of drug-likeness (QED) is 0.200. The van der Waals surface area contributed by atoms with Crippen LogP contribution in [0.1, 0.15) is 21.5 Å². The van der Waals surface area contributed by atoms with Crippen molar-refractivity contribution in [2.75, 3.05) is 0 Å². The van der Waals surface area contributed by atoms with E-state index in [9.17, 15) is 9.90 Å². The zero-order chi connectivity index (χ0) is 26.8. The average Bonchev–Trinajstić information content (AvgIpc) is 3.77. The third-order valence-electron chi connectivity index (χ3n) is 6.59. The largest absolute Gasteiger partial charge is 0.494 e.